The molecule has 4 heteroatoms. The average Bonchev–Trinajstić information content (AvgIpc) is 2.34. The molecular weight excluding hydrogens is 351 g/mol. The van der Waals surface area contributed by atoms with Gasteiger partial charge in [0.25, 0.3) is 5.56 Å². The number of H-pyrrole nitrogens is 1. The molecule has 3 rings (SSSR count). The topological polar surface area (TPSA) is 45.8 Å². The van der Waals surface area contributed by atoms with Gasteiger partial charge in [0.05, 0.1) is 9.26 Å². The molecule has 1 heterocycles. The average molecular weight is 366 g/mol. The highest BCUT2D eigenvalue weighted by Gasteiger charge is 2.29. The number of aromatic nitrogens is 2. The molecule has 0 aliphatic heterocycles. The largest absolute Gasteiger partial charge is 0.309 e. The standard InChI is InChI=1S/C15H15IN2O/c1-8(2)13-12(16)15(19)18-14(17-13)11-7-9-5-3-4-6-10(9)11/h3-6,8,11H,7H2,1-2H3,(H,17,18,19). The third-order valence-corrected chi connectivity index (χ3v) is 4.68. The van der Waals surface area contributed by atoms with Crippen molar-refractivity contribution in [2.45, 2.75) is 32.1 Å². The highest BCUT2D eigenvalue weighted by Crippen LogP contribution is 2.38. The molecule has 0 saturated heterocycles. The zero-order chi connectivity index (χ0) is 13.6. The zero-order valence-corrected chi connectivity index (χ0v) is 13.1. The first kappa shape index (κ1) is 12.8. The van der Waals surface area contributed by atoms with Crippen molar-refractivity contribution in [2.75, 3.05) is 0 Å². The van der Waals surface area contributed by atoms with Crippen LogP contribution < -0.4 is 5.56 Å². The van der Waals surface area contributed by atoms with Gasteiger partial charge in [0, 0.05) is 5.92 Å². The quantitative estimate of drug-likeness (QED) is 0.830. The van der Waals surface area contributed by atoms with Crippen molar-refractivity contribution in [2.24, 2.45) is 0 Å². The van der Waals surface area contributed by atoms with Crippen molar-refractivity contribution in [3.05, 3.63) is 60.8 Å². The molecule has 1 aliphatic carbocycles. The lowest BCUT2D eigenvalue weighted by Gasteiger charge is -2.29. The van der Waals surface area contributed by atoms with Crippen molar-refractivity contribution < 1.29 is 0 Å². The molecule has 1 aromatic carbocycles. The first-order chi connectivity index (χ1) is 9.08. The monoisotopic (exact) mass is 366 g/mol. The fourth-order valence-corrected chi connectivity index (χ4v) is 3.42. The summed E-state index contributed by atoms with van der Waals surface area (Å²) in [6.45, 7) is 4.14. The Hall–Kier alpha value is -1.17. The summed E-state index contributed by atoms with van der Waals surface area (Å²) >= 11 is 2.08. The molecule has 19 heavy (non-hydrogen) atoms. The number of hydrogen-bond acceptors (Lipinski definition) is 2. The van der Waals surface area contributed by atoms with Crippen LogP contribution in [0.5, 0.6) is 0 Å². The van der Waals surface area contributed by atoms with Crippen molar-refractivity contribution in [3.8, 4) is 0 Å². The second kappa shape index (κ2) is 4.74. The predicted octanol–water partition coefficient (Wildman–Crippen LogP) is 3.19. The van der Waals surface area contributed by atoms with Gasteiger partial charge in [0.15, 0.2) is 0 Å². The molecule has 2 aromatic rings. The Bertz CT molecular complexity index is 691. The highest BCUT2D eigenvalue weighted by molar-refractivity contribution is 14.1. The number of nitrogens with one attached hydrogen (secondary N) is 1. The SMILES string of the molecule is CC(C)c1nc(C2Cc3ccccc32)[nH]c(=O)c1I. The minimum Gasteiger partial charge on any atom is -0.309 e. The minimum absolute atomic E-state index is 0.0151. The van der Waals surface area contributed by atoms with Crippen LogP contribution in [0, 0.1) is 3.57 Å². The fourth-order valence-electron chi connectivity index (χ4n) is 2.54. The Kier molecular flexibility index (Phi) is 3.20. The molecule has 98 valence electrons. The number of aromatic amines is 1. The van der Waals surface area contributed by atoms with Gasteiger partial charge in [-0.15, -0.1) is 0 Å². The van der Waals surface area contributed by atoms with E-state index in [-0.39, 0.29) is 17.4 Å². The number of benzene rings is 1. The van der Waals surface area contributed by atoms with E-state index in [2.05, 4.69) is 59.6 Å². The van der Waals surface area contributed by atoms with Crippen LogP contribution in [0.3, 0.4) is 0 Å². The van der Waals surface area contributed by atoms with Crippen LogP contribution in [-0.4, -0.2) is 9.97 Å². The van der Waals surface area contributed by atoms with Crippen molar-refractivity contribution >= 4 is 22.6 Å². The van der Waals surface area contributed by atoms with Crippen LogP contribution >= 0.6 is 22.6 Å². The Morgan fingerprint density at radius 2 is 2.11 bits per heavy atom. The molecule has 1 unspecified atom stereocenters. The summed E-state index contributed by atoms with van der Waals surface area (Å²) in [6.07, 6.45) is 0.969. The van der Waals surface area contributed by atoms with Gasteiger partial charge in [-0.25, -0.2) is 4.98 Å². The van der Waals surface area contributed by atoms with E-state index in [4.69, 9.17) is 4.98 Å². The maximum Gasteiger partial charge on any atom is 0.264 e. The second-order valence-corrected chi connectivity index (χ2v) is 6.34. The van der Waals surface area contributed by atoms with Crippen LogP contribution in [0.2, 0.25) is 0 Å². The van der Waals surface area contributed by atoms with E-state index in [0.717, 1.165) is 17.9 Å². The van der Waals surface area contributed by atoms with E-state index in [1.807, 2.05) is 6.07 Å². The maximum absolute atomic E-state index is 12.0. The molecule has 0 saturated carbocycles. The van der Waals surface area contributed by atoms with Gasteiger partial charge in [-0.2, -0.15) is 0 Å². The van der Waals surface area contributed by atoms with Crippen molar-refractivity contribution in [1.82, 2.24) is 9.97 Å². The van der Waals surface area contributed by atoms with E-state index in [9.17, 15) is 4.79 Å². The third-order valence-electron chi connectivity index (χ3n) is 3.64. The number of halogens is 1. The van der Waals surface area contributed by atoms with Crippen LogP contribution in [0.25, 0.3) is 0 Å². The molecule has 3 nitrogen and oxygen atoms in total. The fraction of sp³-hybridized carbons (Fsp3) is 0.333. The van der Waals surface area contributed by atoms with Crippen molar-refractivity contribution in [1.29, 1.82) is 0 Å². The molecule has 0 spiro atoms. The molecule has 1 aliphatic rings. The summed E-state index contributed by atoms with van der Waals surface area (Å²) in [5, 5.41) is 0. The zero-order valence-electron chi connectivity index (χ0n) is 10.9. The van der Waals surface area contributed by atoms with Gasteiger partial charge in [-0.05, 0) is 46.1 Å². The molecule has 0 bridgehead atoms. The summed E-state index contributed by atoms with van der Waals surface area (Å²) in [4.78, 5) is 19.6. The third kappa shape index (κ3) is 2.12. The lowest BCUT2D eigenvalue weighted by Crippen LogP contribution is -2.26. The summed E-state index contributed by atoms with van der Waals surface area (Å²) in [5.74, 6) is 1.33. The minimum atomic E-state index is -0.0151. The van der Waals surface area contributed by atoms with Gasteiger partial charge in [-0.1, -0.05) is 38.1 Å². The summed E-state index contributed by atoms with van der Waals surface area (Å²) in [5.41, 5.74) is 3.55. The lowest BCUT2D eigenvalue weighted by molar-refractivity contribution is 0.639. The maximum atomic E-state index is 12.0. The first-order valence-corrected chi connectivity index (χ1v) is 7.53. The second-order valence-electron chi connectivity index (χ2n) is 5.26. The summed E-state index contributed by atoms with van der Waals surface area (Å²) in [6, 6.07) is 8.36. The molecule has 0 fully saturated rings. The van der Waals surface area contributed by atoms with Gasteiger partial charge in [0.1, 0.15) is 5.82 Å². The van der Waals surface area contributed by atoms with E-state index in [0.29, 0.717) is 3.57 Å². The molecule has 1 N–H and O–H groups in total. The lowest BCUT2D eigenvalue weighted by atomic mass is 9.77. The Morgan fingerprint density at radius 1 is 1.37 bits per heavy atom. The van der Waals surface area contributed by atoms with E-state index in [1.165, 1.54) is 11.1 Å². The van der Waals surface area contributed by atoms with Gasteiger partial charge < -0.3 is 4.98 Å². The number of rotatable bonds is 2. The van der Waals surface area contributed by atoms with Gasteiger partial charge in [0.2, 0.25) is 0 Å². The normalized spacial score (nSPS) is 17.2. The first-order valence-electron chi connectivity index (χ1n) is 6.45. The van der Waals surface area contributed by atoms with Crippen LogP contribution in [0.15, 0.2) is 29.1 Å². The Labute approximate surface area is 125 Å². The van der Waals surface area contributed by atoms with Crippen molar-refractivity contribution in [3.63, 3.8) is 0 Å². The molecule has 0 amide bonds. The van der Waals surface area contributed by atoms with E-state index in [1.54, 1.807) is 0 Å². The molecule has 0 radical (unpaired) electrons. The molecule has 1 atom stereocenters. The van der Waals surface area contributed by atoms with Crippen LogP contribution in [-0.2, 0) is 6.42 Å². The number of nitrogens with zero attached hydrogens (tertiary/aromatic N) is 1. The van der Waals surface area contributed by atoms with Gasteiger partial charge in [-0.3, -0.25) is 4.79 Å². The Morgan fingerprint density at radius 3 is 2.79 bits per heavy atom. The van der Waals surface area contributed by atoms with Crippen LogP contribution in [0.1, 0.15) is 48.3 Å². The van der Waals surface area contributed by atoms with Gasteiger partial charge >= 0.3 is 0 Å². The predicted molar refractivity (Wildman–Crippen MR) is 83.7 cm³/mol. The molecular formula is C15H15IN2O. The summed E-state index contributed by atoms with van der Waals surface area (Å²) < 4.78 is 0.712. The smallest absolute Gasteiger partial charge is 0.264 e. The Balaban J connectivity index is 2.07. The summed E-state index contributed by atoms with van der Waals surface area (Å²) in [7, 11) is 0. The number of hydrogen-bond donors (Lipinski definition) is 1. The number of fused-ring (bicyclic) bond motifs is 1. The molecule has 1 aromatic heterocycles. The van der Waals surface area contributed by atoms with E-state index < -0.39 is 0 Å². The van der Waals surface area contributed by atoms with Crippen LogP contribution in [0.4, 0.5) is 0 Å². The highest BCUT2D eigenvalue weighted by atomic mass is 127. The van der Waals surface area contributed by atoms with E-state index >= 15 is 0 Å².